The van der Waals surface area contributed by atoms with Crippen LogP contribution in [0.4, 0.5) is 0 Å². The Labute approximate surface area is 194 Å². The predicted molar refractivity (Wildman–Crippen MR) is 124 cm³/mol. The van der Waals surface area contributed by atoms with Crippen LogP contribution in [0.15, 0.2) is 24.3 Å². The van der Waals surface area contributed by atoms with E-state index in [0.717, 1.165) is 47.3 Å². The summed E-state index contributed by atoms with van der Waals surface area (Å²) >= 11 is 7.40. The van der Waals surface area contributed by atoms with Gasteiger partial charge in [-0.05, 0) is 38.2 Å². The zero-order chi connectivity index (χ0) is 22.8. The molecule has 10 heteroatoms. The lowest BCUT2D eigenvalue weighted by molar-refractivity contribution is -0.108. The smallest absolute Gasteiger partial charge is 0.280 e. The SMILES string of the molecule is C[C@@H](NC(=O)c1nc2c(s1)CN(C)CC2)[C@@H](CC=O)NC(=O)c1cc2cc(Cl)ccc2[nH]1. The zero-order valence-corrected chi connectivity index (χ0v) is 19.3. The quantitative estimate of drug-likeness (QED) is 0.457. The number of aromatic amines is 1. The second-order valence-corrected chi connectivity index (χ2v) is 9.56. The van der Waals surface area contributed by atoms with Crippen molar-refractivity contribution < 1.29 is 14.4 Å². The number of likely N-dealkylation sites (N-methyl/N-ethyl adjacent to an activating group) is 1. The Bertz CT molecular complexity index is 1170. The van der Waals surface area contributed by atoms with Crippen LogP contribution in [0.1, 0.15) is 44.2 Å². The monoisotopic (exact) mass is 473 g/mol. The standard InChI is InChI=1S/C22H24ClN5O3S/c1-12(24-21(31)22-27-17-5-7-28(2)11-19(17)32-22)15(6-8-29)26-20(30)18-10-13-9-14(23)3-4-16(13)25-18/h3-4,8-10,12,15,25H,5-7,11H2,1-2H3,(H,24,31)(H,26,30)/t12-,15-/m1/s1. The number of H-pyrrole nitrogens is 1. The number of rotatable bonds is 7. The number of carbonyl (C=O) groups is 3. The van der Waals surface area contributed by atoms with Crippen molar-refractivity contribution in [3.05, 3.63) is 50.6 Å². The molecule has 2 amide bonds. The molecule has 168 valence electrons. The highest BCUT2D eigenvalue weighted by Gasteiger charge is 2.26. The maximum Gasteiger partial charge on any atom is 0.280 e. The summed E-state index contributed by atoms with van der Waals surface area (Å²) in [4.78, 5) is 47.6. The van der Waals surface area contributed by atoms with E-state index in [2.05, 4.69) is 25.5 Å². The Morgan fingerprint density at radius 3 is 2.91 bits per heavy atom. The Kier molecular flexibility index (Phi) is 6.59. The van der Waals surface area contributed by atoms with Gasteiger partial charge in [0, 0.05) is 52.8 Å². The van der Waals surface area contributed by atoms with Crippen molar-refractivity contribution >= 4 is 51.9 Å². The molecule has 0 saturated carbocycles. The van der Waals surface area contributed by atoms with Crippen LogP contribution < -0.4 is 10.6 Å². The lowest BCUT2D eigenvalue weighted by atomic mass is 10.1. The highest BCUT2D eigenvalue weighted by Crippen LogP contribution is 2.24. The minimum Gasteiger partial charge on any atom is -0.351 e. The summed E-state index contributed by atoms with van der Waals surface area (Å²) < 4.78 is 0. The summed E-state index contributed by atoms with van der Waals surface area (Å²) in [6, 6.07) is 5.96. The molecule has 0 radical (unpaired) electrons. The van der Waals surface area contributed by atoms with E-state index in [1.807, 2.05) is 7.05 Å². The van der Waals surface area contributed by atoms with Crippen molar-refractivity contribution in [2.45, 2.75) is 38.4 Å². The molecule has 2 aromatic heterocycles. The summed E-state index contributed by atoms with van der Waals surface area (Å²) in [5, 5.41) is 7.53. The van der Waals surface area contributed by atoms with Crippen LogP contribution in [0.3, 0.4) is 0 Å². The molecule has 1 aromatic carbocycles. The van der Waals surface area contributed by atoms with Crippen molar-refractivity contribution in [3.63, 3.8) is 0 Å². The van der Waals surface area contributed by atoms with Gasteiger partial charge in [0.25, 0.3) is 11.8 Å². The number of fused-ring (bicyclic) bond motifs is 2. The zero-order valence-electron chi connectivity index (χ0n) is 17.8. The minimum atomic E-state index is -0.570. The van der Waals surface area contributed by atoms with Crippen LogP contribution >= 0.6 is 22.9 Å². The largest absolute Gasteiger partial charge is 0.351 e. The number of aldehydes is 1. The van der Waals surface area contributed by atoms with Crippen LogP contribution in [-0.4, -0.2) is 58.6 Å². The summed E-state index contributed by atoms with van der Waals surface area (Å²) in [6.07, 6.45) is 1.62. The summed E-state index contributed by atoms with van der Waals surface area (Å²) in [6.45, 7) is 3.47. The van der Waals surface area contributed by atoms with Crippen LogP contribution in [0.2, 0.25) is 5.02 Å². The molecule has 0 aliphatic carbocycles. The molecule has 3 heterocycles. The van der Waals surface area contributed by atoms with E-state index >= 15 is 0 Å². The second kappa shape index (κ2) is 9.40. The Balaban J connectivity index is 1.43. The van der Waals surface area contributed by atoms with E-state index < -0.39 is 12.1 Å². The number of carbonyl (C=O) groups excluding carboxylic acids is 3. The average molecular weight is 474 g/mol. The summed E-state index contributed by atoms with van der Waals surface area (Å²) in [5.74, 6) is -0.664. The van der Waals surface area contributed by atoms with E-state index in [9.17, 15) is 14.4 Å². The number of aromatic nitrogens is 2. The first-order valence-electron chi connectivity index (χ1n) is 10.3. The fourth-order valence-corrected chi connectivity index (χ4v) is 5.02. The van der Waals surface area contributed by atoms with E-state index in [-0.39, 0.29) is 18.2 Å². The molecule has 8 nitrogen and oxygen atoms in total. The molecule has 2 atom stereocenters. The van der Waals surface area contributed by atoms with E-state index in [4.69, 9.17) is 11.6 Å². The van der Waals surface area contributed by atoms with Gasteiger partial charge < -0.3 is 25.3 Å². The van der Waals surface area contributed by atoms with Gasteiger partial charge in [-0.3, -0.25) is 9.59 Å². The maximum atomic E-state index is 12.8. The van der Waals surface area contributed by atoms with E-state index in [1.165, 1.54) is 11.3 Å². The van der Waals surface area contributed by atoms with Gasteiger partial charge in [0.2, 0.25) is 0 Å². The molecule has 0 bridgehead atoms. The van der Waals surface area contributed by atoms with Gasteiger partial charge >= 0.3 is 0 Å². The molecule has 0 unspecified atom stereocenters. The number of hydrogen-bond acceptors (Lipinski definition) is 6. The highest BCUT2D eigenvalue weighted by molar-refractivity contribution is 7.13. The van der Waals surface area contributed by atoms with E-state index in [1.54, 1.807) is 31.2 Å². The van der Waals surface area contributed by atoms with Crippen molar-refractivity contribution in [1.82, 2.24) is 25.5 Å². The van der Waals surface area contributed by atoms with Crippen LogP contribution in [-0.2, 0) is 17.8 Å². The first-order valence-corrected chi connectivity index (χ1v) is 11.5. The maximum absolute atomic E-state index is 12.8. The minimum absolute atomic E-state index is 0.0679. The molecular weight excluding hydrogens is 450 g/mol. The van der Waals surface area contributed by atoms with Gasteiger partial charge in [-0.15, -0.1) is 11.3 Å². The molecule has 1 aliphatic heterocycles. The number of halogens is 1. The van der Waals surface area contributed by atoms with Gasteiger partial charge in [-0.2, -0.15) is 0 Å². The molecule has 3 N–H and O–H groups in total. The van der Waals surface area contributed by atoms with Gasteiger partial charge in [-0.1, -0.05) is 11.6 Å². The number of nitrogens with zero attached hydrogens (tertiary/aromatic N) is 2. The number of thiazole rings is 1. The highest BCUT2D eigenvalue weighted by atomic mass is 35.5. The van der Waals surface area contributed by atoms with E-state index in [0.29, 0.717) is 15.7 Å². The Morgan fingerprint density at radius 2 is 2.12 bits per heavy atom. The fourth-order valence-electron chi connectivity index (χ4n) is 3.75. The van der Waals surface area contributed by atoms with Crippen LogP contribution in [0.5, 0.6) is 0 Å². The van der Waals surface area contributed by atoms with Crippen LogP contribution in [0, 0.1) is 0 Å². The summed E-state index contributed by atoms with van der Waals surface area (Å²) in [5.41, 5.74) is 2.11. The number of hydrogen-bond donors (Lipinski definition) is 3. The molecule has 3 aromatic rings. The third kappa shape index (κ3) is 4.85. The van der Waals surface area contributed by atoms with Crippen molar-refractivity contribution in [3.8, 4) is 0 Å². The molecule has 0 fully saturated rings. The predicted octanol–water partition coefficient (Wildman–Crippen LogP) is 2.77. The van der Waals surface area contributed by atoms with Gasteiger partial charge in [0.15, 0.2) is 5.01 Å². The third-order valence-corrected chi connectivity index (χ3v) is 6.89. The lowest BCUT2D eigenvalue weighted by Gasteiger charge is -2.24. The van der Waals surface area contributed by atoms with Crippen molar-refractivity contribution in [2.75, 3.05) is 13.6 Å². The number of nitrogens with one attached hydrogen (secondary N) is 3. The normalized spacial score (nSPS) is 15.7. The summed E-state index contributed by atoms with van der Waals surface area (Å²) in [7, 11) is 2.04. The van der Waals surface area contributed by atoms with Gasteiger partial charge in [-0.25, -0.2) is 4.98 Å². The number of amides is 2. The number of benzene rings is 1. The fraction of sp³-hybridized carbons (Fsp3) is 0.364. The molecule has 32 heavy (non-hydrogen) atoms. The van der Waals surface area contributed by atoms with Crippen molar-refractivity contribution in [2.24, 2.45) is 0 Å². The molecule has 4 rings (SSSR count). The third-order valence-electron chi connectivity index (χ3n) is 5.57. The van der Waals surface area contributed by atoms with Gasteiger partial charge in [0.05, 0.1) is 11.7 Å². The molecular formula is C22H24ClN5O3S. The molecule has 1 aliphatic rings. The molecule has 0 saturated heterocycles. The first kappa shape index (κ1) is 22.4. The Hall–Kier alpha value is -2.75. The Morgan fingerprint density at radius 1 is 1.31 bits per heavy atom. The topological polar surface area (TPSA) is 107 Å². The van der Waals surface area contributed by atoms with Crippen LogP contribution in [0.25, 0.3) is 10.9 Å². The molecule has 0 spiro atoms. The lowest BCUT2D eigenvalue weighted by Crippen LogP contribution is -2.50. The van der Waals surface area contributed by atoms with Crippen molar-refractivity contribution in [1.29, 1.82) is 0 Å². The second-order valence-electron chi connectivity index (χ2n) is 8.04. The average Bonchev–Trinajstić information content (AvgIpc) is 3.36. The first-order chi connectivity index (χ1) is 15.3. The van der Waals surface area contributed by atoms with Gasteiger partial charge in [0.1, 0.15) is 12.0 Å².